The van der Waals surface area contributed by atoms with Gasteiger partial charge in [0.2, 0.25) is 0 Å². The van der Waals surface area contributed by atoms with Crippen molar-refractivity contribution < 1.29 is 28.6 Å². The molecule has 0 rings (SSSR count). The average molecular weight is 344 g/mol. The van der Waals surface area contributed by atoms with Gasteiger partial charge >= 0.3 is 17.9 Å². The minimum absolute atomic E-state index is 0.0946. The van der Waals surface area contributed by atoms with E-state index in [1.54, 1.807) is 0 Å². The normalized spacial score (nSPS) is 11.6. The first-order chi connectivity index (χ1) is 11.5. The number of rotatable bonds is 14. The van der Waals surface area contributed by atoms with Crippen LogP contribution in [0.5, 0.6) is 0 Å². The van der Waals surface area contributed by atoms with Crippen molar-refractivity contribution in [3.63, 3.8) is 0 Å². The number of ether oxygens (including phenoxy) is 3. The number of unbranched alkanes of at least 4 members (excludes halogenated alkanes) is 3. The SMILES string of the molecule is CCCCOC(=O)CC(COC(=O)CCCC)OC(=O)CCCC. The highest BCUT2D eigenvalue weighted by Crippen LogP contribution is 2.08. The van der Waals surface area contributed by atoms with Crippen LogP contribution in [0.4, 0.5) is 0 Å². The largest absolute Gasteiger partial charge is 0.466 e. The highest BCUT2D eigenvalue weighted by Gasteiger charge is 2.21. The molecule has 140 valence electrons. The van der Waals surface area contributed by atoms with Crippen LogP contribution in [0.3, 0.4) is 0 Å². The van der Waals surface area contributed by atoms with E-state index in [4.69, 9.17) is 14.2 Å². The van der Waals surface area contributed by atoms with Gasteiger partial charge < -0.3 is 14.2 Å². The van der Waals surface area contributed by atoms with Crippen LogP contribution in [0.25, 0.3) is 0 Å². The molecule has 0 aliphatic rings. The molecule has 1 unspecified atom stereocenters. The second-order valence-electron chi connectivity index (χ2n) is 5.78. The molecule has 0 aliphatic heterocycles. The van der Waals surface area contributed by atoms with Gasteiger partial charge in [-0.3, -0.25) is 14.4 Å². The smallest absolute Gasteiger partial charge is 0.309 e. The van der Waals surface area contributed by atoms with E-state index in [1.807, 2.05) is 20.8 Å². The molecular weight excluding hydrogens is 312 g/mol. The summed E-state index contributed by atoms with van der Waals surface area (Å²) in [6.45, 7) is 6.20. The molecule has 0 heterocycles. The Hall–Kier alpha value is -1.59. The predicted octanol–water partition coefficient (Wildman–Crippen LogP) is 3.56. The van der Waals surface area contributed by atoms with Gasteiger partial charge in [0.25, 0.3) is 0 Å². The zero-order valence-electron chi connectivity index (χ0n) is 15.3. The summed E-state index contributed by atoms with van der Waals surface area (Å²) in [7, 11) is 0. The maximum Gasteiger partial charge on any atom is 0.309 e. The van der Waals surface area contributed by atoms with Crippen molar-refractivity contribution in [1.82, 2.24) is 0 Å². The third-order valence-corrected chi connectivity index (χ3v) is 3.35. The van der Waals surface area contributed by atoms with Crippen LogP contribution >= 0.6 is 0 Å². The van der Waals surface area contributed by atoms with E-state index >= 15 is 0 Å². The molecule has 0 aliphatic carbocycles. The Morgan fingerprint density at radius 2 is 1.33 bits per heavy atom. The topological polar surface area (TPSA) is 78.9 Å². The lowest BCUT2D eigenvalue weighted by atomic mass is 10.2. The summed E-state index contributed by atoms with van der Waals surface area (Å²) in [5.74, 6) is -1.17. The van der Waals surface area contributed by atoms with Crippen molar-refractivity contribution in [1.29, 1.82) is 0 Å². The van der Waals surface area contributed by atoms with Gasteiger partial charge in [-0.25, -0.2) is 0 Å². The lowest BCUT2D eigenvalue weighted by Gasteiger charge is -2.17. The van der Waals surface area contributed by atoms with Crippen molar-refractivity contribution in [2.45, 2.75) is 84.7 Å². The van der Waals surface area contributed by atoms with Gasteiger partial charge in [0.15, 0.2) is 0 Å². The molecule has 0 saturated heterocycles. The Balaban J connectivity index is 4.38. The third-order valence-electron chi connectivity index (χ3n) is 3.35. The van der Waals surface area contributed by atoms with Gasteiger partial charge in [-0.2, -0.15) is 0 Å². The molecule has 0 spiro atoms. The van der Waals surface area contributed by atoms with Gasteiger partial charge in [-0.15, -0.1) is 0 Å². The number of carbonyl (C=O) groups is 3. The highest BCUT2D eigenvalue weighted by atomic mass is 16.6. The molecule has 0 saturated carbocycles. The van der Waals surface area contributed by atoms with Gasteiger partial charge in [0, 0.05) is 12.8 Å². The minimum Gasteiger partial charge on any atom is -0.466 e. The summed E-state index contributed by atoms with van der Waals surface area (Å²) in [5, 5.41) is 0. The molecule has 0 N–H and O–H groups in total. The molecule has 0 fully saturated rings. The van der Waals surface area contributed by atoms with E-state index in [1.165, 1.54) is 0 Å². The van der Waals surface area contributed by atoms with Gasteiger partial charge in [-0.05, 0) is 19.3 Å². The maximum absolute atomic E-state index is 11.8. The lowest BCUT2D eigenvalue weighted by molar-refractivity contribution is -0.164. The Morgan fingerprint density at radius 1 is 0.750 bits per heavy atom. The van der Waals surface area contributed by atoms with Crippen molar-refractivity contribution in [3.05, 3.63) is 0 Å². The van der Waals surface area contributed by atoms with E-state index < -0.39 is 12.1 Å². The summed E-state index contributed by atoms with van der Waals surface area (Å²) in [6, 6.07) is 0. The zero-order chi connectivity index (χ0) is 18.2. The number of esters is 3. The lowest BCUT2D eigenvalue weighted by Crippen LogP contribution is -2.28. The van der Waals surface area contributed by atoms with Gasteiger partial charge in [0.1, 0.15) is 12.7 Å². The summed E-state index contributed by atoms with van der Waals surface area (Å²) >= 11 is 0. The molecule has 0 aromatic carbocycles. The zero-order valence-corrected chi connectivity index (χ0v) is 15.3. The van der Waals surface area contributed by atoms with Crippen molar-refractivity contribution in [2.24, 2.45) is 0 Å². The Morgan fingerprint density at radius 3 is 1.92 bits per heavy atom. The number of carbonyl (C=O) groups excluding carboxylic acids is 3. The molecular formula is C18H32O6. The van der Waals surface area contributed by atoms with E-state index in [0.717, 1.165) is 38.5 Å². The highest BCUT2D eigenvalue weighted by molar-refractivity contribution is 5.73. The first kappa shape index (κ1) is 22.4. The molecule has 24 heavy (non-hydrogen) atoms. The molecule has 0 aromatic rings. The van der Waals surface area contributed by atoms with Crippen LogP contribution in [-0.2, 0) is 28.6 Å². The van der Waals surface area contributed by atoms with Crippen LogP contribution in [0.1, 0.15) is 78.6 Å². The fourth-order valence-corrected chi connectivity index (χ4v) is 1.85. The van der Waals surface area contributed by atoms with E-state index in [2.05, 4.69) is 0 Å². The summed E-state index contributed by atoms with van der Waals surface area (Å²) in [4.78, 5) is 35.1. The summed E-state index contributed by atoms with van der Waals surface area (Å²) in [5.41, 5.74) is 0. The van der Waals surface area contributed by atoms with Crippen LogP contribution in [0, 0.1) is 0 Å². The average Bonchev–Trinajstić information content (AvgIpc) is 2.56. The molecule has 6 nitrogen and oxygen atoms in total. The van der Waals surface area contributed by atoms with Crippen molar-refractivity contribution in [3.8, 4) is 0 Å². The van der Waals surface area contributed by atoms with Gasteiger partial charge in [0.05, 0.1) is 13.0 Å². The second kappa shape index (κ2) is 15.0. The van der Waals surface area contributed by atoms with Gasteiger partial charge in [-0.1, -0.05) is 40.0 Å². The summed E-state index contributed by atoms with van der Waals surface area (Å²) in [6.07, 6.45) is 4.71. The number of hydrogen-bond acceptors (Lipinski definition) is 6. The van der Waals surface area contributed by atoms with E-state index in [9.17, 15) is 14.4 Å². The standard InChI is InChI=1S/C18H32O6/c1-4-7-10-16(19)23-14-15(24-17(20)11-8-5-2)13-18(21)22-12-9-6-3/h15H,4-14H2,1-3H3. The summed E-state index contributed by atoms with van der Waals surface area (Å²) < 4.78 is 15.5. The predicted molar refractivity (Wildman–Crippen MR) is 90.4 cm³/mol. The molecule has 0 radical (unpaired) electrons. The quantitative estimate of drug-likeness (QED) is 0.272. The van der Waals surface area contributed by atoms with E-state index in [0.29, 0.717) is 19.4 Å². The molecule has 6 heteroatoms. The minimum atomic E-state index is -0.783. The molecule has 0 bridgehead atoms. The van der Waals surface area contributed by atoms with E-state index in [-0.39, 0.29) is 25.0 Å². The third kappa shape index (κ3) is 12.9. The van der Waals surface area contributed by atoms with Crippen LogP contribution in [0.2, 0.25) is 0 Å². The second-order valence-corrected chi connectivity index (χ2v) is 5.78. The number of hydrogen-bond donors (Lipinski definition) is 0. The Labute approximate surface area is 145 Å². The first-order valence-electron chi connectivity index (χ1n) is 9.04. The molecule has 1 atom stereocenters. The van der Waals surface area contributed by atoms with Crippen LogP contribution < -0.4 is 0 Å². The fraction of sp³-hybridized carbons (Fsp3) is 0.833. The van der Waals surface area contributed by atoms with Crippen molar-refractivity contribution >= 4 is 17.9 Å². The fourth-order valence-electron chi connectivity index (χ4n) is 1.85. The molecule has 0 aromatic heterocycles. The maximum atomic E-state index is 11.8. The first-order valence-corrected chi connectivity index (χ1v) is 9.04. The Kier molecular flexibility index (Phi) is 14.0. The molecule has 0 amide bonds. The Bertz CT molecular complexity index is 367. The van der Waals surface area contributed by atoms with Crippen LogP contribution in [0.15, 0.2) is 0 Å². The van der Waals surface area contributed by atoms with Crippen LogP contribution in [-0.4, -0.2) is 37.2 Å². The van der Waals surface area contributed by atoms with Crippen molar-refractivity contribution in [2.75, 3.05) is 13.2 Å². The monoisotopic (exact) mass is 344 g/mol.